The molecule has 0 aromatic carbocycles. The summed E-state index contributed by atoms with van der Waals surface area (Å²) in [6.45, 7) is 11.7. The summed E-state index contributed by atoms with van der Waals surface area (Å²) >= 11 is 0. The predicted octanol–water partition coefficient (Wildman–Crippen LogP) is 4.62. The molecule has 0 radical (unpaired) electrons. The normalized spacial score (nSPS) is 26.6. The monoisotopic (exact) mass is 1030 g/mol. The third kappa shape index (κ3) is 24.9. The number of aliphatic hydroxyl groups excluding tert-OH is 7. The Bertz CT molecular complexity index is 1480. The van der Waals surface area contributed by atoms with Gasteiger partial charge in [0.25, 0.3) is 0 Å². The second-order valence-electron chi connectivity index (χ2n) is 20.8. The molecule has 0 saturated carbocycles. The first kappa shape index (κ1) is 65.6. The van der Waals surface area contributed by atoms with Crippen LogP contribution >= 0.6 is 0 Å². The molecule has 9 N–H and O–H groups in total. The number of carbonyl (C=O) groups is 4. The molecule has 0 bridgehead atoms. The number of rotatable bonds is 39. The Morgan fingerprint density at radius 2 is 1.10 bits per heavy atom. The van der Waals surface area contributed by atoms with Crippen molar-refractivity contribution in [1.82, 2.24) is 10.6 Å². The molecule has 14 unspecified atom stereocenters. The molecule has 2 fully saturated rings. The van der Waals surface area contributed by atoms with Crippen molar-refractivity contribution >= 4 is 23.8 Å². The van der Waals surface area contributed by atoms with Gasteiger partial charge < -0.3 is 74.8 Å². The van der Waals surface area contributed by atoms with Gasteiger partial charge in [0.2, 0.25) is 11.8 Å². The van der Waals surface area contributed by atoms with Crippen molar-refractivity contribution in [2.45, 2.75) is 269 Å². The molecule has 422 valence electrons. The fraction of sp³-hybridized carbons (Fsp3) is 0.925. The molecule has 19 heteroatoms. The van der Waals surface area contributed by atoms with Gasteiger partial charge in [-0.15, -0.1) is 0 Å². The standard InChI is InChI=1S/C53H98N2O17/c1-8-11-14-17-20-23-37(33-67-53-49(65)50(47(63)36(7)69-53)72-52-41(31-57)48(64)46(62)35(6)68-52)27-44(60)71-40(25-22-19-16-13-10-3)29-45(61)70-39(24-21-18-15-12-9-2)28-43(59)55-42(32-58)51(66)54-38(30-56)26-34(4)5/h34-42,46-50,52-53,56-58,62-65H,8-33H2,1-7H3,(H,54,66)(H,55,59)/t35?,36?,37?,38?,39?,40?,41-,42?,46?,47?,48?,49?,50?,52?,53?/m1/s1. The molecule has 0 aromatic rings. The Morgan fingerprint density at radius 1 is 0.583 bits per heavy atom. The van der Waals surface area contributed by atoms with E-state index in [1.807, 2.05) is 13.8 Å². The Morgan fingerprint density at radius 3 is 1.62 bits per heavy atom. The van der Waals surface area contributed by atoms with Gasteiger partial charge in [-0.3, -0.25) is 19.2 Å². The third-order valence-electron chi connectivity index (χ3n) is 13.7. The molecule has 72 heavy (non-hydrogen) atoms. The van der Waals surface area contributed by atoms with Crippen LogP contribution in [-0.2, 0) is 47.6 Å². The summed E-state index contributed by atoms with van der Waals surface area (Å²) in [6, 6.07) is -1.82. The van der Waals surface area contributed by atoms with Crippen LogP contribution in [0.25, 0.3) is 0 Å². The van der Waals surface area contributed by atoms with Crippen molar-refractivity contribution in [3.8, 4) is 0 Å². The number of amides is 2. The van der Waals surface area contributed by atoms with Gasteiger partial charge in [-0.1, -0.05) is 118 Å². The van der Waals surface area contributed by atoms with Crippen LogP contribution in [-0.4, -0.2) is 166 Å². The lowest BCUT2D eigenvalue weighted by molar-refractivity contribution is -0.350. The van der Waals surface area contributed by atoms with Crippen molar-refractivity contribution in [2.75, 3.05) is 26.4 Å². The lowest BCUT2D eigenvalue weighted by atomic mass is 9.91. The van der Waals surface area contributed by atoms with Gasteiger partial charge in [-0.25, -0.2) is 0 Å². The van der Waals surface area contributed by atoms with Gasteiger partial charge in [-0.2, -0.15) is 0 Å². The molecule has 2 heterocycles. The maximum Gasteiger partial charge on any atom is 0.309 e. The summed E-state index contributed by atoms with van der Waals surface area (Å²) in [4.78, 5) is 54.0. The van der Waals surface area contributed by atoms with Crippen molar-refractivity contribution < 1.29 is 83.3 Å². The molecule has 0 aromatic heterocycles. The van der Waals surface area contributed by atoms with Crippen LogP contribution in [0.4, 0.5) is 0 Å². The van der Waals surface area contributed by atoms with E-state index in [0.29, 0.717) is 38.5 Å². The Hall–Kier alpha value is -2.56. The zero-order chi connectivity index (χ0) is 53.6. The Kier molecular flexibility index (Phi) is 33.9. The highest BCUT2D eigenvalue weighted by molar-refractivity contribution is 5.88. The summed E-state index contributed by atoms with van der Waals surface area (Å²) in [5, 5.41) is 78.5. The van der Waals surface area contributed by atoms with E-state index in [-0.39, 0.29) is 38.4 Å². The molecule has 2 aliphatic rings. The summed E-state index contributed by atoms with van der Waals surface area (Å²) in [6.07, 6.45) is 2.46. The molecule has 2 rings (SSSR count). The predicted molar refractivity (Wildman–Crippen MR) is 269 cm³/mol. The average molecular weight is 1040 g/mol. The molecule has 19 nitrogen and oxygen atoms in total. The fourth-order valence-electron chi connectivity index (χ4n) is 9.32. The minimum absolute atomic E-state index is 0.0360. The highest BCUT2D eigenvalue weighted by Gasteiger charge is 2.50. The van der Waals surface area contributed by atoms with Gasteiger partial charge in [0.15, 0.2) is 12.6 Å². The summed E-state index contributed by atoms with van der Waals surface area (Å²) in [5.74, 6) is -3.69. The Balaban J connectivity index is 2.23. The van der Waals surface area contributed by atoms with Gasteiger partial charge in [0, 0.05) is 0 Å². The van der Waals surface area contributed by atoms with Gasteiger partial charge in [0.1, 0.15) is 42.7 Å². The molecule has 15 atom stereocenters. The first-order valence-corrected chi connectivity index (χ1v) is 27.5. The van der Waals surface area contributed by atoms with Crippen LogP contribution in [0.15, 0.2) is 0 Å². The number of ether oxygens (including phenoxy) is 6. The van der Waals surface area contributed by atoms with Crippen molar-refractivity contribution in [3.05, 3.63) is 0 Å². The van der Waals surface area contributed by atoms with E-state index in [0.717, 1.165) is 83.5 Å². The zero-order valence-electron chi connectivity index (χ0n) is 44.8. The highest BCUT2D eigenvalue weighted by atomic mass is 16.7. The smallest absolute Gasteiger partial charge is 0.309 e. The minimum Gasteiger partial charge on any atom is -0.462 e. The quantitative estimate of drug-likeness (QED) is 0.0300. The lowest BCUT2D eigenvalue weighted by Crippen LogP contribution is -2.62. The number of esters is 2. The molecule has 0 aliphatic carbocycles. The average Bonchev–Trinajstić information content (AvgIpc) is 3.33. The van der Waals surface area contributed by atoms with Crippen LogP contribution in [0.1, 0.15) is 190 Å². The first-order chi connectivity index (χ1) is 34.4. The van der Waals surface area contributed by atoms with Gasteiger partial charge >= 0.3 is 11.9 Å². The second kappa shape index (κ2) is 37.2. The van der Waals surface area contributed by atoms with Crippen molar-refractivity contribution in [2.24, 2.45) is 17.8 Å². The molecule has 0 spiro atoms. The number of unbranched alkanes of at least 4 members (excludes halogenated alkanes) is 12. The van der Waals surface area contributed by atoms with E-state index in [1.165, 1.54) is 6.92 Å². The lowest BCUT2D eigenvalue weighted by Gasteiger charge is -2.46. The minimum atomic E-state index is -1.56. The first-order valence-electron chi connectivity index (χ1n) is 27.5. The number of hydrogen-bond donors (Lipinski definition) is 9. The van der Waals surface area contributed by atoms with E-state index in [4.69, 9.17) is 28.4 Å². The molecular weight excluding hydrogens is 937 g/mol. The van der Waals surface area contributed by atoms with Crippen molar-refractivity contribution in [1.29, 1.82) is 0 Å². The molecule has 2 aliphatic heterocycles. The van der Waals surface area contributed by atoms with E-state index >= 15 is 0 Å². The summed E-state index contributed by atoms with van der Waals surface area (Å²) in [7, 11) is 0. The molecule has 2 amide bonds. The van der Waals surface area contributed by atoms with Crippen LogP contribution in [0.5, 0.6) is 0 Å². The van der Waals surface area contributed by atoms with Gasteiger partial charge in [0.05, 0.1) is 76.0 Å². The number of hydrogen-bond acceptors (Lipinski definition) is 17. The van der Waals surface area contributed by atoms with Crippen LogP contribution in [0, 0.1) is 17.8 Å². The maximum atomic E-state index is 13.9. The van der Waals surface area contributed by atoms with Crippen LogP contribution in [0.2, 0.25) is 0 Å². The van der Waals surface area contributed by atoms with E-state index in [9.17, 15) is 54.9 Å². The van der Waals surface area contributed by atoms with Crippen LogP contribution in [0.3, 0.4) is 0 Å². The topological polar surface area (TPSA) is 289 Å². The highest BCUT2D eigenvalue weighted by Crippen LogP contribution is 2.33. The maximum absolute atomic E-state index is 13.9. The molecule has 2 saturated heterocycles. The third-order valence-corrected chi connectivity index (χ3v) is 13.7. The fourth-order valence-corrected chi connectivity index (χ4v) is 9.32. The van der Waals surface area contributed by atoms with E-state index in [1.54, 1.807) is 6.92 Å². The summed E-state index contributed by atoms with van der Waals surface area (Å²) in [5.41, 5.74) is 0. The SMILES string of the molecule is CCCCCCCC(COC1OC(C)C(O)C(OC2OC(C)C(O)C(O)[C@H]2CO)C1O)CC(=O)OC(CCCCCCC)CC(=O)OC(CCCCCCC)CC(=O)NC(CO)C(=O)NC(CO)CC(C)C. The van der Waals surface area contributed by atoms with Gasteiger partial charge in [-0.05, 0) is 64.2 Å². The molecular formula is C53H98N2O17. The second-order valence-corrected chi connectivity index (χ2v) is 20.8. The number of carbonyl (C=O) groups excluding carboxylic acids is 4. The Labute approximate surface area is 430 Å². The van der Waals surface area contributed by atoms with Crippen molar-refractivity contribution in [3.63, 3.8) is 0 Å². The number of nitrogens with one attached hydrogen (secondary N) is 2. The number of aliphatic hydroxyl groups is 7. The van der Waals surface area contributed by atoms with E-state index < -0.39 is 128 Å². The zero-order valence-corrected chi connectivity index (χ0v) is 44.8. The van der Waals surface area contributed by atoms with Crippen LogP contribution < -0.4 is 10.6 Å². The summed E-state index contributed by atoms with van der Waals surface area (Å²) < 4.78 is 35.8. The van der Waals surface area contributed by atoms with E-state index in [2.05, 4.69) is 31.4 Å². The largest absolute Gasteiger partial charge is 0.462 e.